The zero-order chi connectivity index (χ0) is 20.7. The quantitative estimate of drug-likeness (QED) is 0.362. The third-order valence-electron chi connectivity index (χ3n) is 5.37. The van der Waals surface area contributed by atoms with E-state index in [2.05, 4.69) is 10.1 Å². The van der Waals surface area contributed by atoms with Crippen LogP contribution in [0.2, 0.25) is 0 Å². The summed E-state index contributed by atoms with van der Waals surface area (Å²) in [5, 5.41) is 4.35. The molecule has 1 aromatic carbocycles. The lowest BCUT2D eigenvalue weighted by atomic mass is 10.0. The molecule has 3 heterocycles. The van der Waals surface area contributed by atoms with E-state index >= 15 is 0 Å². The predicted molar refractivity (Wildman–Crippen MR) is 107 cm³/mol. The summed E-state index contributed by atoms with van der Waals surface area (Å²) in [6, 6.07) is 10.7. The van der Waals surface area contributed by atoms with Crippen molar-refractivity contribution in [1.29, 1.82) is 0 Å². The number of hydrogen-bond acceptors (Lipinski definition) is 7. The van der Waals surface area contributed by atoms with E-state index in [9.17, 15) is 9.59 Å². The third kappa shape index (κ3) is 3.18. The first kappa shape index (κ1) is 18.3. The van der Waals surface area contributed by atoms with Gasteiger partial charge >= 0.3 is 5.97 Å². The van der Waals surface area contributed by atoms with Gasteiger partial charge in [-0.05, 0) is 61.6 Å². The summed E-state index contributed by atoms with van der Waals surface area (Å²) in [7, 11) is 0. The standard InChI is InChI=1S/C23H18N2O5/c1-13-21-17(11-18(20-6-3-9-28-20)24-22(21)30-25-13)23(27)29-12-19(26)16-8-7-14-4-2-5-15(14)10-16/h3,6-11H,2,4-5,12H2,1H3. The van der Waals surface area contributed by atoms with Crippen molar-refractivity contribution < 1.29 is 23.3 Å². The number of pyridine rings is 1. The van der Waals surface area contributed by atoms with Crippen molar-refractivity contribution in [2.24, 2.45) is 0 Å². The van der Waals surface area contributed by atoms with Crippen LogP contribution in [0.4, 0.5) is 0 Å². The molecule has 0 N–H and O–H groups in total. The number of aryl methyl sites for hydroxylation is 3. The summed E-state index contributed by atoms with van der Waals surface area (Å²) >= 11 is 0. The lowest BCUT2D eigenvalue weighted by molar-refractivity contribution is 0.0476. The van der Waals surface area contributed by atoms with Crippen LogP contribution in [0.5, 0.6) is 0 Å². The van der Waals surface area contributed by atoms with Gasteiger partial charge in [-0.25, -0.2) is 9.78 Å². The Labute approximate surface area is 171 Å². The maximum Gasteiger partial charge on any atom is 0.339 e. The third-order valence-corrected chi connectivity index (χ3v) is 5.37. The molecule has 4 aromatic rings. The highest BCUT2D eigenvalue weighted by molar-refractivity contribution is 6.05. The molecule has 0 amide bonds. The molecular weight excluding hydrogens is 384 g/mol. The summed E-state index contributed by atoms with van der Waals surface area (Å²) in [5.74, 6) is -0.401. The van der Waals surface area contributed by atoms with Gasteiger partial charge in [-0.3, -0.25) is 4.79 Å². The fraction of sp³-hybridized carbons (Fsp3) is 0.217. The van der Waals surface area contributed by atoms with Gasteiger partial charge in [-0.1, -0.05) is 17.3 Å². The Morgan fingerprint density at radius 2 is 2.00 bits per heavy atom. The molecule has 0 atom stereocenters. The van der Waals surface area contributed by atoms with Gasteiger partial charge in [0.2, 0.25) is 0 Å². The van der Waals surface area contributed by atoms with E-state index in [-0.39, 0.29) is 23.7 Å². The van der Waals surface area contributed by atoms with Crippen LogP contribution in [0.3, 0.4) is 0 Å². The van der Waals surface area contributed by atoms with E-state index in [1.807, 2.05) is 12.1 Å². The average Bonchev–Trinajstić information content (AvgIpc) is 3.51. The fourth-order valence-electron chi connectivity index (χ4n) is 3.84. The molecule has 150 valence electrons. The van der Waals surface area contributed by atoms with E-state index in [0.717, 1.165) is 19.3 Å². The van der Waals surface area contributed by atoms with Crippen molar-refractivity contribution in [3.05, 3.63) is 70.6 Å². The molecule has 0 fully saturated rings. The molecule has 0 spiro atoms. The topological polar surface area (TPSA) is 95.4 Å². The number of nitrogens with zero attached hydrogens (tertiary/aromatic N) is 2. The molecule has 1 aliphatic carbocycles. The number of hydrogen-bond donors (Lipinski definition) is 0. The Morgan fingerprint density at radius 3 is 2.83 bits per heavy atom. The van der Waals surface area contributed by atoms with Gasteiger partial charge in [0.1, 0.15) is 5.69 Å². The minimum atomic E-state index is -0.643. The van der Waals surface area contributed by atoms with Crippen LogP contribution in [-0.2, 0) is 17.6 Å². The van der Waals surface area contributed by atoms with Crippen LogP contribution in [0.15, 0.2) is 51.6 Å². The van der Waals surface area contributed by atoms with E-state index in [0.29, 0.717) is 28.1 Å². The maximum atomic E-state index is 12.9. The lowest BCUT2D eigenvalue weighted by Gasteiger charge is -2.08. The van der Waals surface area contributed by atoms with Crippen LogP contribution in [-0.4, -0.2) is 28.5 Å². The summed E-state index contributed by atoms with van der Waals surface area (Å²) in [6.45, 7) is 1.37. The number of benzene rings is 1. The molecule has 3 aromatic heterocycles. The number of Topliss-reactive ketones (excluding diaryl/α,β-unsaturated/α-hetero) is 1. The smallest absolute Gasteiger partial charge is 0.339 e. The Bertz CT molecular complexity index is 1270. The number of carbonyl (C=O) groups excluding carboxylic acids is 2. The molecule has 0 unspecified atom stereocenters. The zero-order valence-electron chi connectivity index (χ0n) is 16.3. The van der Waals surface area contributed by atoms with Gasteiger partial charge in [-0.15, -0.1) is 0 Å². The summed E-state index contributed by atoms with van der Waals surface area (Å²) in [6.07, 6.45) is 4.65. The highest BCUT2D eigenvalue weighted by Gasteiger charge is 2.22. The van der Waals surface area contributed by atoms with Gasteiger partial charge in [0.15, 0.2) is 18.2 Å². The highest BCUT2D eigenvalue weighted by atomic mass is 16.5. The first-order chi connectivity index (χ1) is 14.6. The van der Waals surface area contributed by atoms with E-state index < -0.39 is 5.97 Å². The van der Waals surface area contributed by atoms with Crippen LogP contribution in [0.25, 0.3) is 22.6 Å². The number of fused-ring (bicyclic) bond motifs is 2. The van der Waals surface area contributed by atoms with E-state index in [1.54, 1.807) is 31.2 Å². The Morgan fingerprint density at radius 1 is 1.13 bits per heavy atom. The largest absolute Gasteiger partial charge is 0.463 e. The molecular formula is C23H18N2O5. The molecule has 0 radical (unpaired) electrons. The molecule has 7 heteroatoms. The fourth-order valence-corrected chi connectivity index (χ4v) is 3.84. The molecule has 7 nitrogen and oxygen atoms in total. The van der Waals surface area contributed by atoms with Crippen molar-refractivity contribution in [3.63, 3.8) is 0 Å². The van der Waals surface area contributed by atoms with Gasteiger partial charge < -0.3 is 13.7 Å². The summed E-state index contributed by atoms with van der Waals surface area (Å²) < 4.78 is 16.0. The van der Waals surface area contributed by atoms with E-state index in [1.165, 1.54) is 17.4 Å². The second-order valence-electron chi connectivity index (χ2n) is 7.32. The summed E-state index contributed by atoms with van der Waals surface area (Å²) in [5.41, 5.74) is 4.41. The van der Waals surface area contributed by atoms with Gasteiger partial charge in [0.05, 0.1) is 22.9 Å². The minimum absolute atomic E-state index is 0.207. The molecule has 0 aliphatic heterocycles. The molecule has 0 saturated carbocycles. The zero-order valence-corrected chi connectivity index (χ0v) is 16.3. The number of ether oxygens (including phenoxy) is 1. The van der Waals surface area contributed by atoms with Crippen LogP contribution in [0.1, 0.15) is 44.0 Å². The number of furan rings is 1. The number of carbonyl (C=O) groups is 2. The average molecular weight is 402 g/mol. The predicted octanol–water partition coefficient (Wildman–Crippen LogP) is 4.32. The highest BCUT2D eigenvalue weighted by Crippen LogP contribution is 2.28. The molecule has 1 aliphatic rings. The van der Waals surface area contributed by atoms with Gasteiger partial charge in [-0.2, -0.15) is 0 Å². The monoisotopic (exact) mass is 402 g/mol. The number of aromatic nitrogens is 2. The summed E-state index contributed by atoms with van der Waals surface area (Å²) in [4.78, 5) is 29.8. The molecule has 5 rings (SSSR count). The normalized spacial score (nSPS) is 12.8. The Kier molecular flexibility index (Phi) is 4.43. The SMILES string of the molecule is Cc1noc2nc(-c3ccco3)cc(C(=O)OCC(=O)c3ccc4c(c3)CCC4)c12. The van der Waals surface area contributed by atoms with Crippen molar-refractivity contribution in [1.82, 2.24) is 10.1 Å². The van der Waals surface area contributed by atoms with Crippen LogP contribution >= 0.6 is 0 Å². The number of esters is 1. The van der Waals surface area contributed by atoms with E-state index in [4.69, 9.17) is 13.7 Å². The molecule has 0 bridgehead atoms. The second-order valence-corrected chi connectivity index (χ2v) is 7.32. The number of ketones is 1. The number of rotatable bonds is 5. The maximum absolute atomic E-state index is 12.9. The Balaban J connectivity index is 1.40. The second kappa shape index (κ2) is 7.26. The Hall–Kier alpha value is -3.74. The minimum Gasteiger partial charge on any atom is -0.463 e. The van der Waals surface area contributed by atoms with Crippen molar-refractivity contribution in [2.45, 2.75) is 26.2 Å². The first-order valence-electron chi connectivity index (χ1n) is 9.73. The van der Waals surface area contributed by atoms with Gasteiger partial charge in [0, 0.05) is 5.56 Å². The lowest BCUT2D eigenvalue weighted by Crippen LogP contribution is -2.15. The van der Waals surface area contributed by atoms with Gasteiger partial charge in [0.25, 0.3) is 5.71 Å². The molecule has 0 saturated heterocycles. The van der Waals surface area contributed by atoms with Crippen molar-refractivity contribution in [2.75, 3.05) is 6.61 Å². The first-order valence-corrected chi connectivity index (χ1v) is 9.73. The van der Waals surface area contributed by atoms with Crippen LogP contribution < -0.4 is 0 Å². The van der Waals surface area contributed by atoms with Crippen molar-refractivity contribution in [3.8, 4) is 11.5 Å². The van der Waals surface area contributed by atoms with Crippen LogP contribution in [0, 0.1) is 6.92 Å². The van der Waals surface area contributed by atoms with Crippen molar-refractivity contribution >= 4 is 22.9 Å². The molecule has 30 heavy (non-hydrogen) atoms.